The summed E-state index contributed by atoms with van der Waals surface area (Å²) in [5, 5.41) is 4.12. The number of halogens is 1. The largest absolute Gasteiger partial charge is 0.494 e. The van der Waals surface area contributed by atoms with Gasteiger partial charge in [0.05, 0.1) is 13.2 Å². The van der Waals surface area contributed by atoms with E-state index >= 15 is 0 Å². The van der Waals surface area contributed by atoms with Gasteiger partial charge in [0.2, 0.25) is 0 Å². The van der Waals surface area contributed by atoms with E-state index in [0.29, 0.717) is 6.42 Å². The Hall–Kier alpha value is -1.99. The van der Waals surface area contributed by atoms with Crippen molar-refractivity contribution in [3.8, 4) is 5.75 Å². The normalized spacial score (nSPS) is 12.4. The molecule has 3 N–H and O–H groups in total. The highest BCUT2D eigenvalue weighted by Crippen LogP contribution is 2.24. The summed E-state index contributed by atoms with van der Waals surface area (Å²) in [5.74, 6) is 6.21. The summed E-state index contributed by atoms with van der Waals surface area (Å²) < 4.78 is 20.2. The molecule has 0 saturated heterocycles. The summed E-state index contributed by atoms with van der Waals surface area (Å²) >= 11 is 0. The van der Waals surface area contributed by atoms with Crippen molar-refractivity contribution in [1.29, 1.82) is 0 Å². The van der Waals surface area contributed by atoms with Crippen LogP contribution in [0.15, 0.2) is 24.5 Å². The van der Waals surface area contributed by atoms with Gasteiger partial charge in [-0.3, -0.25) is 16.0 Å². The van der Waals surface area contributed by atoms with E-state index in [1.165, 1.54) is 19.5 Å². The average Bonchev–Trinajstić information content (AvgIpc) is 2.92. The van der Waals surface area contributed by atoms with Gasteiger partial charge in [-0.2, -0.15) is 5.10 Å². The monoisotopic (exact) mass is 279 g/mol. The molecule has 1 aromatic heterocycles. The van der Waals surface area contributed by atoms with Gasteiger partial charge in [0.15, 0.2) is 11.6 Å². The van der Waals surface area contributed by atoms with Gasteiger partial charge in [-0.25, -0.2) is 9.37 Å². The fourth-order valence-electron chi connectivity index (χ4n) is 2.06. The van der Waals surface area contributed by atoms with Crippen LogP contribution in [0.2, 0.25) is 0 Å². The summed E-state index contributed by atoms with van der Waals surface area (Å²) in [6.07, 6.45) is 2.07. The third-order valence-electron chi connectivity index (χ3n) is 3.16. The van der Waals surface area contributed by atoms with Crippen molar-refractivity contribution in [2.45, 2.75) is 25.9 Å². The van der Waals surface area contributed by atoms with Gasteiger partial charge < -0.3 is 4.74 Å². The molecule has 0 bridgehead atoms. The molecule has 2 aromatic rings. The quantitative estimate of drug-likeness (QED) is 0.613. The molecule has 0 amide bonds. The van der Waals surface area contributed by atoms with E-state index in [0.717, 1.165) is 17.9 Å². The van der Waals surface area contributed by atoms with Crippen molar-refractivity contribution in [1.82, 2.24) is 20.2 Å². The highest BCUT2D eigenvalue weighted by molar-refractivity contribution is 5.32. The van der Waals surface area contributed by atoms with Crippen LogP contribution in [0, 0.1) is 5.82 Å². The van der Waals surface area contributed by atoms with Gasteiger partial charge in [-0.05, 0) is 24.6 Å². The molecule has 0 aliphatic heterocycles. The highest BCUT2D eigenvalue weighted by atomic mass is 19.1. The first-order valence-corrected chi connectivity index (χ1v) is 6.35. The van der Waals surface area contributed by atoms with Crippen molar-refractivity contribution in [2.75, 3.05) is 7.11 Å². The molecule has 0 aliphatic carbocycles. The minimum atomic E-state index is -0.399. The van der Waals surface area contributed by atoms with Crippen LogP contribution >= 0.6 is 0 Å². The zero-order chi connectivity index (χ0) is 14.5. The van der Waals surface area contributed by atoms with Crippen LogP contribution in [0.1, 0.15) is 24.4 Å². The number of ether oxygens (including phenoxy) is 1. The Labute approximate surface area is 116 Å². The lowest BCUT2D eigenvalue weighted by atomic mass is 10.0. The SMILES string of the molecule is CCn1ncnc1CC(NN)c1ccc(F)c(OC)c1. The Morgan fingerprint density at radius 3 is 2.95 bits per heavy atom. The van der Waals surface area contributed by atoms with E-state index in [9.17, 15) is 4.39 Å². The van der Waals surface area contributed by atoms with E-state index in [1.54, 1.807) is 16.8 Å². The average molecular weight is 279 g/mol. The number of nitrogens with zero attached hydrogens (tertiary/aromatic N) is 3. The molecular weight excluding hydrogens is 261 g/mol. The topological polar surface area (TPSA) is 78.0 Å². The maximum absolute atomic E-state index is 13.4. The maximum atomic E-state index is 13.4. The van der Waals surface area contributed by atoms with Crippen LogP contribution in [0.3, 0.4) is 0 Å². The third-order valence-corrected chi connectivity index (χ3v) is 3.16. The molecule has 0 spiro atoms. The van der Waals surface area contributed by atoms with Crippen molar-refractivity contribution in [3.05, 3.63) is 41.7 Å². The Morgan fingerprint density at radius 2 is 2.30 bits per heavy atom. The summed E-state index contributed by atoms with van der Waals surface area (Å²) in [4.78, 5) is 4.21. The number of hydrazine groups is 1. The molecule has 2 rings (SSSR count). The van der Waals surface area contributed by atoms with E-state index in [1.807, 2.05) is 6.92 Å². The van der Waals surface area contributed by atoms with Gasteiger partial charge in [-0.15, -0.1) is 0 Å². The number of hydrogen-bond donors (Lipinski definition) is 2. The number of aryl methyl sites for hydroxylation is 1. The smallest absolute Gasteiger partial charge is 0.165 e. The zero-order valence-electron chi connectivity index (χ0n) is 11.5. The molecule has 0 aliphatic rings. The summed E-state index contributed by atoms with van der Waals surface area (Å²) in [5.41, 5.74) is 3.55. The van der Waals surface area contributed by atoms with Gasteiger partial charge in [0.25, 0.3) is 0 Å². The summed E-state index contributed by atoms with van der Waals surface area (Å²) in [7, 11) is 1.43. The molecule has 20 heavy (non-hydrogen) atoms. The molecule has 0 saturated carbocycles. The number of aromatic nitrogens is 3. The zero-order valence-corrected chi connectivity index (χ0v) is 11.5. The number of nitrogens with one attached hydrogen (secondary N) is 1. The van der Waals surface area contributed by atoms with Crippen molar-refractivity contribution < 1.29 is 9.13 Å². The molecule has 1 unspecified atom stereocenters. The molecule has 1 aromatic carbocycles. The minimum absolute atomic E-state index is 0.194. The number of nitrogens with two attached hydrogens (primary N) is 1. The predicted octanol–water partition coefficient (Wildman–Crippen LogP) is 1.19. The van der Waals surface area contributed by atoms with Crippen molar-refractivity contribution in [3.63, 3.8) is 0 Å². The lowest BCUT2D eigenvalue weighted by Gasteiger charge is -2.17. The molecule has 7 heteroatoms. The van der Waals surface area contributed by atoms with Crippen LogP contribution in [0.25, 0.3) is 0 Å². The molecule has 0 radical (unpaired) electrons. The molecule has 6 nitrogen and oxygen atoms in total. The first-order valence-electron chi connectivity index (χ1n) is 6.35. The van der Waals surface area contributed by atoms with Crippen LogP contribution in [-0.4, -0.2) is 21.9 Å². The van der Waals surface area contributed by atoms with Crippen LogP contribution in [-0.2, 0) is 13.0 Å². The van der Waals surface area contributed by atoms with Crippen LogP contribution in [0.4, 0.5) is 4.39 Å². The van der Waals surface area contributed by atoms with Crippen molar-refractivity contribution in [2.24, 2.45) is 5.84 Å². The number of rotatable bonds is 6. The number of methoxy groups -OCH3 is 1. The maximum Gasteiger partial charge on any atom is 0.165 e. The van der Waals surface area contributed by atoms with Gasteiger partial charge in [0.1, 0.15) is 12.2 Å². The fraction of sp³-hybridized carbons (Fsp3) is 0.385. The second-order valence-electron chi connectivity index (χ2n) is 4.31. The Bertz CT molecular complexity index is 572. The number of benzene rings is 1. The molecule has 0 fully saturated rings. The fourth-order valence-corrected chi connectivity index (χ4v) is 2.06. The van der Waals surface area contributed by atoms with E-state index in [2.05, 4.69) is 15.5 Å². The second kappa shape index (κ2) is 6.44. The molecule has 1 atom stereocenters. The molecule has 108 valence electrons. The lowest BCUT2D eigenvalue weighted by molar-refractivity contribution is 0.384. The first kappa shape index (κ1) is 14.4. The molecule has 1 heterocycles. The minimum Gasteiger partial charge on any atom is -0.494 e. The Kier molecular flexibility index (Phi) is 4.65. The third kappa shape index (κ3) is 2.94. The Balaban J connectivity index is 2.24. The van der Waals surface area contributed by atoms with E-state index in [-0.39, 0.29) is 11.8 Å². The van der Waals surface area contributed by atoms with Crippen LogP contribution < -0.4 is 16.0 Å². The van der Waals surface area contributed by atoms with E-state index < -0.39 is 5.82 Å². The van der Waals surface area contributed by atoms with E-state index in [4.69, 9.17) is 10.6 Å². The van der Waals surface area contributed by atoms with Crippen molar-refractivity contribution >= 4 is 0 Å². The number of hydrogen-bond acceptors (Lipinski definition) is 5. The standard InChI is InChI=1S/C13H18FN5O/c1-3-19-13(16-8-17-19)7-11(18-15)9-4-5-10(14)12(6-9)20-2/h4-6,8,11,18H,3,7,15H2,1-2H3. The van der Waals surface area contributed by atoms with Gasteiger partial charge in [0, 0.05) is 13.0 Å². The lowest BCUT2D eigenvalue weighted by Crippen LogP contribution is -2.30. The first-order chi connectivity index (χ1) is 9.69. The van der Waals surface area contributed by atoms with Gasteiger partial charge >= 0.3 is 0 Å². The summed E-state index contributed by atoms with van der Waals surface area (Å²) in [6, 6.07) is 4.48. The summed E-state index contributed by atoms with van der Waals surface area (Å²) in [6.45, 7) is 2.73. The molecular formula is C13H18FN5O. The van der Waals surface area contributed by atoms with Crippen LogP contribution in [0.5, 0.6) is 5.75 Å². The van der Waals surface area contributed by atoms with Gasteiger partial charge in [-0.1, -0.05) is 6.07 Å². The Morgan fingerprint density at radius 1 is 1.50 bits per heavy atom. The predicted molar refractivity (Wildman–Crippen MR) is 72.4 cm³/mol. The second-order valence-corrected chi connectivity index (χ2v) is 4.31. The highest BCUT2D eigenvalue weighted by Gasteiger charge is 2.16.